The van der Waals surface area contributed by atoms with Crippen molar-refractivity contribution in [2.24, 2.45) is 0 Å². The van der Waals surface area contributed by atoms with Crippen LogP contribution in [0.5, 0.6) is 0 Å². The third-order valence-corrected chi connectivity index (χ3v) is 9.57. The molecule has 0 atom stereocenters. The van der Waals surface area contributed by atoms with Crippen LogP contribution in [-0.2, 0) is 0 Å². The van der Waals surface area contributed by atoms with E-state index in [4.69, 9.17) is 4.42 Å². The molecule has 0 saturated heterocycles. The first-order valence-electron chi connectivity index (χ1n) is 15.8. The van der Waals surface area contributed by atoms with Crippen molar-refractivity contribution in [2.75, 3.05) is 0 Å². The fraction of sp³-hybridized carbons (Fsp3) is 0. The molecule has 0 bridgehead atoms. The van der Waals surface area contributed by atoms with Gasteiger partial charge in [-0.1, -0.05) is 97.1 Å². The Morgan fingerprint density at radius 1 is 0.489 bits per heavy atom. The van der Waals surface area contributed by atoms with Gasteiger partial charge in [-0.05, 0) is 60.2 Å². The zero-order valence-electron chi connectivity index (χ0n) is 25.2. The monoisotopic (exact) mass is 599 g/mol. The molecule has 3 aromatic heterocycles. The van der Waals surface area contributed by atoms with Crippen LogP contribution in [0.3, 0.4) is 0 Å². The summed E-state index contributed by atoms with van der Waals surface area (Å²) in [5, 5.41) is 17.7. The molecule has 0 aliphatic carbocycles. The first kappa shape index (κ1) is 25.7. The van der Waals surface area contributed by atoms with Crippen molar-refractivity contribution in [1.82, 2.24) is 9.13 Å². The summed E-state index contributed by atoms with van der Waals surface area (Å²) in [4.78, 5) is 0. The molecular formula is C43H25N3O. The van der Waals surface area contributed by atoms with Gasteiger partial charge in [0.05, 0.1) is 38.7 Å². The zero-order chi connectivity index (χ0) is 31.1. The van der Waals surface area contributed by atoms with Gasteiger partial charge in [-0.25, -0.2) is 0 Å². The molecule has 3 heterocycles. The number of rotatable bonds is 3. The molecule has 0 aliphatic rings. The van der Waals surface area contributed by atoms with E-state index in [1.165, 1.54) is 10.8 Å². The van der Waals surface area contributed by atoms with Gasteiger partial charge in [0.25, 0.3) is 0 Å². The van der Waals surface area contributed by atoms with Crippen LogP contribution in [0, 0.1) is 11.3 Å². The Labute approximate surface area is 269 Å². The Morgan fingerprint density at radius 3 is 1.83 bits per heavy atom. The molecule has 10 rings (SSSR count). The average Bonchev–Trinajstić information content (AvgIpc) is 3.79. The largest absolute Gasteiger partial charge is 0.456 e. The van der Waals surface area contributed by atoms with Crippen molar-refractivity contribution >= 4 is 65.6 Å². The lowest BCUT2D eigenvalue weighted by Gasteiger charge is -2.15. The summed E-state index contributed by atoms with van der Waals surface area (Å²) in [5.74, 6) is 0. The predicted octanol–water partition coefficient (Wildman–Crippen LogP) is 11.3. The van der Waals surface area contributed by atoms with Gasteiger partial charge < -0.3 is 13.6 Å². The maximum absolute atomic E-state index is 10.9. The molecule has 0 fully saturated rings. The SMILES string of the molecule is N#Cc1c(-c2cccc(-n3c4ccccc4c4ccccc43)c2)cccc1-n1c2ccccc2c2ccc3oc4ccccc4c3c21. The van der Waals surface area contributed by atoms with E-state index in [0.29, 0.717) is 5.56 Å². The van der Waals surface area contributed by atoms with E-state index in [0.717, 1.165) is 77.3 Å². The second-order valence-corrected chi connectivity index (χ2v) is 12.0. The Hall–Kier alpha value is -6.57. The van der Waals surface area contributed by atoms with Crippen molar-refractivity contribution in [2.45, 2.75) is 0 Å². The standard InChI is InChI=1S/C43H25N3O/c44-26-35-29(27-11-9-12-28(25-27)45-36-18-5-1-13-30(36)31-14-2-6-19-37(31)45)17-10-21-39(35)46-38-20-7-3-15-32(38)33-23-24-41-42(43(33)46)34-16-4-8-22-40(34)47-41/h1-25H. The molecule has 47 heavy (non-hydrogen) atoms. The van der Waals surface area contributed by atoms with Crippen molar-refractivity contribution < 1.29 is 4.42 Å². The van der Waals surface area contributed by atoms with E-state index < -0.39 is 0 Å². The number of aromatic nitrogens is 2. The fourth-order valence-electron chi connectivity index (χ4n) is 7.61. The molecule has 218 valence electrons. The molecule has 0 radical (unpaired) electrons. The molecule has 10 aromatic rings. The van der Waals surface area contributed by atoms with Gasteiger partial charge >= 0.3 is 0 Å². The van der Waals surface area contributed by atoms with Crippen LogP contribution in [0.25, 0.3) is 88.1 Å². The smallest absolute Gasteiger partial charge is 0.137 e. The van der Waals surface area contributed by atoms with Crippen LogP contribution in [0.2, 0.25) is 0 Å². The van der Waals surface area contributed by atoms with Gasteiger partial charge in [0.1, 0.15) is 17.2 Å². The lowest BCUT2D eigenvalue weighted by atomic mass is 9.98. The second-order valence-electron chi connectivity index (χ2n) is 12.0. The third kappa shape index (κ3) is 3.57. The molecule has 0 unspecified atom stereocenters. The number of fused-ring (bicyclic) bond motifs is 10. The van der Waals surface area contributed by atoms with Crippen molar-refractivity contribution in [3.05, 3.63) is 157 Å². The van der Waals surface area contributed by atoms with Crippen LogP contribution < -0.4 is 0 Å². The maximum Gasteiger partial charge on any atom is 0.137 e. The molecule has 4 heteroatoms. The van der Waals surface area contributed by atoms with Crippen LogP contribution in [-0.4, -0.2) is 9.13 Å². The van der Waals surface area contributed by atoms with Crippen LogP contribution in [0.1, 0.15) is 5.56 Å². The topological polar surface area (TPSA) is 46.8 Å². The molecule has 0 saturated carbocycles. The van der Waals surface area contributed by atoms with E-state index in [-0.39, 0.29) is 0 Å². The van der Waals surface area contributed by atoms with E-state index in [2.05, 4.69) is 155 Å². The minimum Gasteiger partial charge on any atom is -0.456 e. The highest BCUT2D eigenvalue weighted by Gasteiger charge is 2.22. The lowest BCUT2D eigenvalue weighted by molar-refractivity contribution is 0.669. The number of hydrogen-bond acceptors (Lipinski definition) is 2. The van der Waals surface area contributed by atoms with E-state index in [1.54, 1.807) is 0 Å². The summed E-state index contributed by atoms with van der Waals surface area (Å²) < 4.78 is 10.9. The van der Waals surface area contributed by atoms with Gasteiger partial charge in [-0.2, -0.15) is 5.26 Å². The number of benzene rings is 7. The Balaban J connectivity index is 1.26. The molecule has 0 N–H and O–H groups in total. The van der Waals surface area contributed by atoms with Crippen LogP contribution >= 0.6 is 0 Å². The van der Waals surface area contributed by atoms with E-state index >= 15 is 0 Å². The highest BCUT2D eigenvalue weighted by atomic mass is 16.3. The van der Waals surface area contributed by atoms with E-state index in [1.807, 2.05) is 12.1 Å². The second kappa shape index (κ2) is 9.71. The van der Waals surface area contributed by atoms with Gasteiger partial charge in [0.2, 0.25) is 0 Å². The number of nitriles is 1. The number of furan rings is 1. The van der Waals surface area contributed by atoms with Gasteiger partial charge in [-0.15, -0.1) is 0 Å². The Kier molecular flexibility index (Phi) is 5.32. The Morgan fingerprint density at radius 2 is 1.11 bits per heavy atom. The van der Waals surface area contributed by atoms with Crippen LogP contribution in [0.15, 0.2) is 156 Å². The first-order valence-corrected chi connectivity index (χ1v) is 15.8. The van der Waals surface area contributed by atoms with Gasteiger partial charge in [0.15, 0.2) is 0 Å². The van der Waals surface area contributed by atoms with E-state index in [9.17, 15) is 5.26 Å². The Bertz CT molecular complexity index is 2880. The summed E-state index contributed by atoms with van der Waals surface area (Å²) in [5.41, 5.74) is 10.5. The lowest BCUT2D eigenvalue weighted by Crippen LogP contribution is -2.00. The zero-order valence-corrected chi connectivity index (χ0v) is 25.2. The molecule has 4 nitrogen and oxygen atoms in total. The van der Waals surface area contributed by atoms with Crippen LogP contribution in [0.4, 0.5) is 0 Å². The number of nitrogens with zero attached hydrogens (tertiary/aromatic N) is 3. The van der Waals surface area contributed by atoms with Gasteiger partial charge in [0, 0.05) is 38.2 Å². The highest BCUT2D eigenvalue weighted by Crippen LogP contribution is 2.42. The normalized spacial score (nSPS) is 11.8. The summed E-state index contributed by atoms with van der Waals surface area (Å²) in [6, 6.07) is 55.2. The average molecular weight is 600 g/mol. The predicted molar refractivity (Wildman–Crippen MR) is 193 cm³/mol. The summed E-state index contributed by atoms with van der Waals surface area (Å²) in [7, 11) is 0. The first-order chi connectivity index (χ1) is 23.3. The minimum atomic E-state index is 0.624. The highest BCUT2D eigenvalue weighted by molar-refractivity contribution is 6.24. The minimum absolute atomic E-state index is 0.624. The van der Waals surface area contributed by atoms with Crippen molar-refractivity contribution in [3.63, 3.8) is 0 Å². The maximum atomic E-state index is 10.9. The summed E-state index contributed by atoms with van der Waals surface area (Å²) >= 11 is 0. The summed E-state index contributed by atoms with van der Waals surface area (Å²) in [6.07, 6.45) is 0. The van der Waals surface area contributed by atoms with Gasteiger partial charge in [-0.3, -0.25) is 0 Å². The molecule has 7 aromatic carbocycles. The van der Waals surface area contributed by atoms with Crippen molar-refractivity contribution in [3.8, 4) is 28.6 Å². The number of para-hydroxylation sites is 4. The fourth-order valence-corrected chi connectivity index (χ4v) is 7.61. The molecular weight excluding hydrogens is 574 g/mol. The molecule has 0 spiro atoms. The summed E-state index contributed by atoms with van der Waals surface area (Å²) in [6.45, 7) is 0. The molecule has 0 amide bonds. The number of hydrogen-bond donors (Lipinski definition) is 0. The third-order valence-electron chi connectivity index (χ3n) is 9.57. The van der Waals surface area contributed by atoms with Crippen molar-refractivity contribution in [1.29, 1.82) is 5.26 Å². The molecule has 0 aliphatic heterocycles. The quantitative estimate of drug-likeness (QED) is 0.203.